The Morgan fingerprint density at radius 1 is 1.09 bits per heavy atom. The number of aromatic nitrogens is 3. The first-order valence-electron chi connectivity index (χ1n) is 10.8. The van der Waals surface area contributed by atoms with Crippen molar-refractivity contribution in [3.8, 4) is 22.0 Å². The van der Waals surface area contributed by atoms with E-state index in [4.69, 9.17) is 14.2 Å². The zero-order valence-electron chi connectivity index (χ0n) is 17.9. The first kappa shape index (κ1) is 21.7. The Kier molecular flexibility index (Phi) is 6.75. The predicted molar refractivity (Wildman–Crippen MR) is 130 cm³/mol. The summed E-state index contributed by atoms with van der Waals surface area (Å²) < 4.78 is 10.7. The number of anilines is 2. The highest BCUT2D eigenvalue weighted by Gasteiger charge is 2.15. The van der Waals surface area contributed by atoms with Crippen LogP contribution >= 0.6 is 22.7 Å². The Balaban J connectivity index is 1.10. The van der Waals surface area contributed by atoms with Gasteiger partial charge in [0, 0.05) is 42.6 Å². The van der Waals surface area contributed by atoms with Crippen molar-refractivity contribution in [3.05, 3.63) is 53.0 Å². The summed E-state index contributed by atoms with van der Waals surface area (Å²) >= 11 is 3.21. The van der Waals surface area contributed by atoms with Crippen LogP contribution < -0.4 is 10.2 Å². The fraction of sp³-hybridized carbons (Fsp3) is 0.304. The third-order valence-electron chi connectivity index (χ3n) is 5.24. The zero-order chi connectivity index (χ0) is 22.5. The summed E-state index contributed by atoms with van der Waals surface area (Å²) in [7, 11) is 0. The molecule has 33 heavy (non-hydrogen) atoms. The van der Waals surface area contributed by atoms with Crippen LogP contribution in [0.25, 0.3) is 22.0 Å². The number of rotatable bonds is 8. The Bertz CT molecular complexity index is 1180. The summed E-state index contributed by atoms with van der Waals surface area (Å²) in [4.78, 5) is 24.7. The van der Waals surface area contributed by atoms with Crippen molar-refractivity contribution in [2.45, 2.75) is 19.3 Å². The molecule has 4 heterocycles. The lowest BCUT2D eigenvalue weighted by atomic mass is 10.1. The van der Waals surface area contributed by atoms with Gasteiger partial charge in [-0.2, -0.15) is 4.98 Å². The molecule has 4 aromatic rings. The van der Waals surface area contributed by atoms with E-state index in [1.165, 1.54) is 0 Å². The van der Waals surface area contributed by atoms with Gasteiger partial charge in [0.2, 0.25) is 17.6 Å². The number of hydrogen-bond acceptors (Lipinski definition) is 9. The number of thiazole rings is 1. The summed E-state index contributed by atoms with van der Waals surface area (Å²) in [5.74, 6) is 1.11. The minimum Gasteiger partial charge on any atom is -0.378 e. The molecule has 1 saturated heterocycles. The molecule has 5 rings (SSSR count). The molecule has 1 aliphatic heterocycles. The van der Waals surface area contributed by atoms with Crippen LogP contribution in [0.15, 0.2) is 51.7 Å². The summed E-state index contributed by atoms with van der Waals surface area (Å²) in [6.45, 7) is 3.24. The number of aryl methyl sites for hydroxylation is 1. The molecule has 1 N–H and O–H groups in total. The zero-order valence-corrected chi connectivity index (χ0v) is 19.5. The molecule has 1 fully saturated rings. The van der Waals surface area contributed by atoms with Crippen molar-refractivity contribution in [3.63, 3.8) is 0 Å². The van der Waals surface area contributed by atoms with Crippen molar-refractivity contribution in [2.75, 3.05) is 36.5 Å². The Hall–Kier alpha value is -3.08. The van der Waals surface area contributed by atoms with Crippen LogP contribution in [0.2, 0.25) is 0 Å². The second-order valence-corrected chi connectivity index (χ2v) is 9.37. The number of amides is 1. The number of thiophene rings is 1. The highest BCUT2D eigenvalue weighted by Crippen LogP contribution is 2.29. The maximum Gasteiger partial charge on any atom is 0.226 e. The monoisotopic (exact) mass is 481 g/mol. The lowest BCUT2D eigenvalue weighted by Crippen LogP contribution is -2.36. The van der Waals surface area contributed by atoms with Crippen LogP contribution in [0.5, 0.6) is 0 Å². The Morgan fingerprint density at radius 2 is 1.94 bits per heavy atom. The summed E-state index contributed by atoms with van der Waals surface area (Å²) in [6, 6.07) is 11.7. The fourth-order valence-corrected chi connectivity index (χ4v) is 5.04. The van der Waals surface area contributed by atoms with Crippen molar-refractivity contribution in [1.82, 2.24) is 15.1 Å². The van der Waals surface area contributed by atoms with E-state index in [0.717, 1.165) is 53.3 Å². The molecule has 0 aliphatic carbocycles. The highest BCUT2D eigenvalue weighted by molar-refractivity contribution is 7.14. The van der Waals surface area contributed by atoms with Crippen molar-refractivity contribution in [1.29, 1.82) is 0 Å². The average molecular weight is 482 g/mol. The molecule has 1 amide bonds. The van der Waals surface area contributed by atoms with Gasteiger partial charge in [-0.15, -0.1) is 22.7 Å². The van der Waals surface area contributed by atoms with Gasteiger partial charge < -0.3 is 19.5 Å². The number of ether oxygens (including phenoxy) is 1. The molecule has 170 valence electrons. The molecule has 1 aliphatic rings. The number of carbonyl (C=O) groups is 1. The van der Waals surface area contributed by atoms with Crippen LogP contribution in [0.4, 0.5) is 10.8 Å². The maximum absolute atomic E-state index is 12.3. The van der Waals surface area contributed by atoms with Crippen molar-refractivity contribution in [2.24, 2.45) is 0 Å². The first-order chi connectivity index (χ1) is 16.2. The van der Waals surface area contributed by atoms with Crippen LogP contribution in [0.3, 0.4) is 0 Å². The maximum atomic E-state index is 12.3. The average Bonchev–Trinajstić information content (AvgIpc) is 3.62. The molecule has 1 aromatic carbocycles. The van der Waals surface area contributed by atoms with E-state index in [9.17, 15) is 4.79 Å². The normalized spacial score (nSPS) is 13.9. The second-order valence-electron chi connectivity index (χ2n) is 7.58. The van der Waals surface area contributed by atoms with E-state index in [0.29, 0.717) is 31.0 Å². The largest absolute Gasteiger partial charge is 0.378 e. The third kappa shape index (κ3) is 5.47. The number of carbonyl (C=O) groups excluding carboxylic acids is 1. The van der Waals surface area contributed by atoms with Crippen molar-refractivity contribution < 1.29 is 14.1 Å². The summed E-state index contributed by atoms with van der Waals surface area (Å²) in [6.07, 6.45) is 1.59. The molecule has 0 unspecified atom stereocenters. The first-order valence-corrected chi connectivity index (χ1v) is 12.6. The van der Waals surface area contributed by atoms with Crippen LogP contribution in [0, 0.1) is 0 Å². The predicted octanol–water partition coefficient (Wildman–Crippen LogP) is 4.72. The van der Waals surface area contributed by atoms with E-state index < -0.39 is 0 Å². The fourth-order valence-electron chi connectivity index (χ4n) is 3.51. The molecular weight excluding hydrogens is 458 g/mol. The standard InChI is InChI=1S/C23H23N5O3S2/c29-20(4-1-5-21-26-22(27-31-21)19-3-2-14-32-19)24-17-8-6-16(7-9-17)18-15-33-23(25-18)28-10-12-30-13-11-28/h2-3,6-9,14-15H,1,4-5,10-13H2,(H,24,29). The minimum absolute atomic E-state index is 0.0380. The van der Waals surface area contributed by atoms with E-state index in [1.807, 2.05) is 41.8 Å². The van der Waals surface area contributed by atoms with E-state index in [-0.39, 0.29) is 5.91 Å². The molecule has 0 radical (unpaired) electrons. The number of nitrogens with zero attached hydrogens (tertiary/aromatic N) is 4. The summed E-state index contributed by atoms with van der Waals surface area (Å²) in [5.41, 5.74) is 2.74. The van der Waals surface area contributed by atoms with E-state index in [2.05, 4.69) is 25.7 Å². The van der Waals surface area contributed by atoms with Crippen LogP contribution in [-0.2, 0) is 16.0 Å². The van der Waals surface area contributed by atoms with Gasteiger partial charge in [-0.1, -0.05) is 23.4 Å². The molecular formula is C23H23N5O3S2. The van der Waals surface area contributed by atoms with Gasteiger partial charge in [-0.25, -0.2) is 4.98 Å². The van der Waals surface area contributed by atoms with E-state index >= 15 is 0 Å². The molecule has 0 spiro atoms. The van der Waals surface area contributed by atoms with Gasteiger partial charge in [0.15, 0.2) is 5.13 Å². The topological polar surface area (TPSA) is 93.4 Å². The van der Waals surface area contributed by atoms with Crippen LogP contribution in [0.1, 0.15) is 18.7 Å². The van der Waals surface area contributed by atoms with Crippen molar-refractivity contribution >= 4 is 39.4 Å². The second kappa shape index (κ2) is 10.2. The van der Waals surface area contributed by atoms with E-state index in [1.54, 1.807) is 22.7 Å². The SMILES string of the molecule is O=C(CCCc1nc(-c2cccs2)no1)Nc1ccc(-c2csc(N3CCOCC3)n2)cc1. The minimum atomic E-state index is -0.0380. The lowest BCUT2D eigenvalue weighted by molar-refractivity contribution is -0.116. The summed E-state index contributed by atoms with van der Waals surface area (Å²) in [5, 5.41) is 12.0. The van der Waals surface area contributed by atoms with Gasteiger partial charge >= 0.3 is 0 Å². The number of benzene rings is 1. The van der Waals surface area contributed by atoms with Gasteiger partial charge in [-0.05, 0) is 30.0 Å². The number of morpholine rings is 1. The smallest absolute Gasteiger partial charge is 0.226 e. The quantitative estimate of drug-likeness (QED) is 0.389. The highest BCUT2D eigenvalue weighted by atomic mass is 32.1. The molecule has 3 aromatic heterocycles. The molecule has 0 atom stereocenters. The van der Waals surface area contributed by atoms with Gasteiger partial charge in [0.05, 0.1) is 23.8 Å². The number of hydrogen-bond donors (Lipinski definition) is 1. The Morgan fingerprint density at radius 3 is 2.73 bits per heavy atom. The molecule has 10 heteroatoms. The van der Waals surface area contributed by atoms with Crippen LogP contribution in [-0.4, -0.2) is 47.3 Å². The third-order valence-corrected chi connectivity index (χ3v) is 7.01. The molecule has 0 saturated carbocycles. The van der Waals surface area contributed by atoms with Gasteiger partial charge in [0.1, 0.15) is 0 Å². The number of nitrogens with one attached hydrogen (secondary N) is 1. The van der Waals surface area contributed by atoms with Gasteiger partial charge in [0.25, 0.3) is 0 Å². The van der Waals surface area contributed by atoms with Gasteiger partial charge in [-0.3, -0.25) is 4.79 Å². The molecule has 0 bridgehead atoms. The Labute approximate surface area is 199 Å². The molecule has 8 nitrogen and oxygen atoms in total. The lowest BCUT2D eigenvalue weighted by Gasteiger charge is -2.26.